The molecule has 2 rings (SSSR count). The van der Waals surface area contributed by atoms with Gasteiger partial charge in [0.25, 0.3) is 10.0 Å². The molecular weight excluding hydrogens is 268 g/mol. The van der Waals surface area contributed by atoms with E-state index in [1.54, 1.807) is 7.05 Å². The Morgan fingerprint density at radius 3 is 2.89 bits per heavy atom. The van der Waals surface area contributed by atoms with Gasteiger partial charge in [-0.1, -0.05) is 0 Å². The molecule has 7 nitrogen and oxygen atoms in total. The van der Waals surface area contributed by atoms with E-state index in [0.29, 0.717) is 37.8 Å². The van der Waals surface area contributed by atoms with Gasteiger partial charge in [-0.3, -0.25) is 5.10 Å². The standard InChI is InChI=1S/C11H20N4O3S/c1-12-7-10-8-13-15-11(10)19(16,17)14-6-9-2-4-18-5-3-9/h8-9,12,14H,2-7H2,1H3,(H,13,15). The Hall–Kier alpha value is -0.960. The molecule has 0 saturated carbocycles. The highest BCUT2D eigenvalue weighted by molar-refractivity contribution is 7.89. The van der Waals surface area contributed by atoms with Crippen LogP contribution in [0.5, 0.6) is 0 Å². The average Bonchev–Trinajstić information content (AvgIpc) is 2.87. The molecule has 2 heterocycles. The fraction of sp³-hybridized carbons (Fsp3) is 0.727. The molecule has 0 aliphatic carbocycles. The molecule has 1 aromatic rings. The SMILES string of the molecule is CNCc1cn[nH]c1S(=O)(=O)NCC1CCOCC1. The van der Waals surface area contributed by atoms with Crippen molar-refractivity contribution in [2.75, 3.05) is 26.8 Å². The molecule has 0 spiro atoms. The summed E-state index contributed by atoms with van der Waals surface area (Å²) >= 11 is 0. The second-order valence-corrected chi connectivity index (χ2v) is 6.37. The number of nitrogens with one attached hydrogen (secondary N) is 3. The molecule has 3 N–H and O–H groups in total. The van der Waals surface area contributed by atoms with Crippen molar-refractivity contribution in [2.45, 2.75) is 24.4 Å². The zero-order valence-electron chi connectivity index (χ0n) is 11.0. The second kappa shape index (κ2) is 6.47. The predicted molar refractivity (Wildman–Crippen MR) is 70.1 cm³/mol. The van der Waals surface area contributed by atoms with Crippen molar-refractivity contribution < 1.29 is 13.2 Å². The summed E-state index contributed by atoms with van der Waals surface area (Å²) in [5, 5.41) is 9.42. The molecule has 0 aromatic carbocycles. The molecule has 19 heavy (non-hydrogen) atoms. The van der Waals surface area contributed by atoms with Gasteiger partial charge in [-0.05, 0) is 25.8 Å². The first-order valence-corrected chi connectivity index (χ1v) is 7.86. The number of aromatic amines is 1. The molecule has 0 bridgehead atoms. The molecule has 1 saturated heterocycles. The minimum atomic E-state index is -3.52. The Balaban J connectivity index is 1.98. The van der Waals surface area contributed by atoms with E-state index in [9.17, 15) is 8.42 Å². The number of rotatable bonds is 6. The minimum Gasteiger partial charge on any atom is -0.381 e. The highest BCUT2D eigenvalue weighted by Crippen LogP contribution is 2.16. The van der Waals surface area contributed by atoms with E-state index in [-0.39, 0.29) is 5.03 Å². The molecule has 1 aliphatic heterocycles. The van der Waals surface area contributed by atoms with Crippen LogP contribution in [0.3, 0.4) is 0 Å². The maximum Gasteiger partial charge on any atom is 0.257 e. The van der Waals surface area contributed by atoms with Crippen LogP contribution in [0.4, 0.5) is 0 Å². The van der Waals surface area contributed by atoms with Crippen LogP contribution in [-0.4, -0.2) is 45.4 Å². The molecule has 0 radical (unpaired) electrons. The Morgan fingerprint density at radius 1 is 1.47 bits per heavy atom. The number of H-pyrrole nitrogens is 1. The van der Waals surface area contributed by atoms with Gasteiger partial charge in [0.05, 0.1) is 6.20 Å². The zero-order valence-corrected chi connectivity index (χ0v) is 11.8. The van der Waals surface area contributed by atoms with Gasteiger partial charge in [0.15, 0.2) is 5.03 Å². The Labute approximate surface area is 113 Å². The van der Waals surface area contributed by atoms with Crippen molar-refractivity contribution in [3.63, 3.8) is 0 Å². The monoisotopic (exact) mass is 288 g/mol. The van der Waals surface area contributed by atoms with Gasteiger partial charge in [-0.15, -0.1) is 0 Å². The first-order chi connectivity index (χ1) is 9.13. The number of hydrogen-bond donors (Lipinski definition) is 3. The molecular formula is C11H20N4O3S. The van der Waals surface area contributed by atoms with Gasteiger partial charge in [-0.25, -0.2) is 13.1 Å². The van der Waals surface area contributed by atoms with E-state index in [0.717, 1.165) is 12.8 Å². The highest BCUT2D eigenvalue weighted by Gasteiger charge is 2.22. The van der Waals surface area contributed by atoms with Gasteiger partial charge in [0, 0.05) is 31.9 Å². The van der Waals surface area contributed by atoms with E-state index in [2.05, 4.69) is 20.2 Å². The smallest absolute Gasteiger partial charge is 0.257 e. The highest BCUT2D eigenvalue weighted by atomic mass is 32.2. The van der Waals surface area contributed by atoms with E-state index in [1.807, 2.05) is 0 Å². The minimum absolute atomic E-state index is 0.147. The quantitative estimate of drug-likeness (QED) is 0.675. The number of aromatic nitrogens is 2. The maximum atomic E-state index is 12.2. The lowest BCUT2D eigenvalue weighted by molar-refractivity contribution is 0.0678. The molecule has 0 unspecified atom stereocenters. The van der Waals surface area contributed by atoms with Crippen LogP contribution in [-0.2, 0) is 21.3 Å². The topological polar surface area (TPSA) is 96.1 Å². The Bertz CT molecular complexity index is 494. The zero-order chi connectivity index (χ0) is 13.7. The van der Waals surface area contributed by atoms with E-state index in [4.69, 9.17) is 4.74 Å². The van der Waals surface area contributed by atoms with Crippen molar-refractivity contribution in [3.8, 4) is 0 Å². The van der Waals surface area contributed by atoms with Crippen LogP contribution in [0, 0.1) is 5.92 Å². The normalized spacial score (nSPS) is 17.7. The molecule has 0 atom stereocenters. The van der Waals surface area contributed by atoms with Crippen molar-refractivity contribution >= 4 is 10.0 Å². The molecule has 1 aromatic heterocycles. The summed E-state index contributed by atoms with van der Waals surface area (Å²) in [6.45, 7) is 2.33. The van der Waals surface area contributed by atoms with Crippen molar-refractivity contribution in [3.05, 3.63) is 11.8 Å². The first kappa shape index (κ1) is 14.4. The number of hydrogen-bond acceptors (Lipinski definition) is 5. The first-order valence-electron chi connectivity index (χ1n) is 6.37. The van der Waals surface area contributed by atoms with Crippen LogP contribution >= 0.6 is 0 Å². The molecule has 1 aliphatic rings. The van der Waals surface area contributed by atoms with Crippen molar-refractivity contribution in [1.82, 2.24) is 20.2 Å². The van der Waals surface area contributed by atoms with Crippen LogP contribution in [0.25, 0.3) is 0 Å². The average molecular weight is 288 g/mol. The van der Waals surface area contributed by atoms with Gasteiger partial charge in [0.2, 0.25) is 0 Å². The lowest BCUT2D eigenvalue weighted by Crippen LogP contribution is -2.33. The van der Waals surface area contributed by atoms with Crippen molar-refractivity contribution in [1.29, 1.82) is 0 Å². The molecule has 0 amide bonds. The van der Waals surface area contributed by atoms with Crippen LogP contribution in [0.2, 0.25) is 0 Å². The summed E-state index contributed by atoms with van der Waals surface area (Å²) in [6, 6.07) is 0. The summed E-state index contributed by atoms with van der Waals surface area (Å²) in [6.07, 6.45) is 3.32. The number of nitrogens with zero attached hydrogens (tertiary/aromatic N) is 1. The summed E-state index contributed by atoms with van der Waals surface area (Å²) < 4.78 is 32.3. The summed E-state index contributed by atoms with van der Waals surface area (Å²) in [7, 11) is -1.76. The lowest BCUT2D eigenvalue weighted by Gasteiger charge is -2.22. The second-order valence-electron chi connectivity index (χ2n) is 4.66. The predicted octanol–water partition coefficient (Wildman–Crippen LogP) is -0.166. The Kier molecular flexibility index (Phi) is 4.92. The summed E-state index contributed by atoms with van der Waals surface area (Å²) in [4.78, 5) is 0. The molecule has 1 fully saturated rings. The third-order valence-electron chi connectivity index (χ3n) is 3.22. The van der Waals surface area contributed by atoms with Gasteiger partial charge in [-0.2, -0.15) is 5.10 Å². The summed E-state index contributed by atoms with van der Waals surface area (Å²) in [5.74, 6) is 0.346. The van der Waals surface area contributed by atoms with Crippen LogP contribution in [0.15, 0.2) is 11.2 Å². The van der Waals surface area contributed by atoms with Gasteiger partial charge >= 0.3 is 0 Å². The molecule has 8 heteroatoms. The fourth-order valence-electron chi connectivity index (χ4n) is 2.10. The summed E-state index contributed by atoms with van der Waals surface area (Å²) in [5.41, 5.74) is 0.641. The van der Waals surface area contributed by atoms with Gasteiger partial charge < -0.3 is 10.1 Å². The van der Waals surface area contributed by atoms with Crippen LogP contribution < -0.4 is 10.0 Å². The molecule has 108 valence electrons. The van der Waals surface area contributed by atoms with Gasteiger partial charge in [0.1, 0.15) is 0 Å². The van der Waals surface area contributed by atoms with Crippen LogP contribution in [0.1, 0.15) is 18.4 Å². The Morgan fingerprint density at radius 2 is 2.21 bits per heavy atom. The fourth-order valence-corrected chi connectivity index (χ4v) is 3.34. The van der Waals surface area contributed by atoms with E-state index < -0.39 is 10.0 Å². The number of sulfonamides is 1. The number of ether oxygens (including phenoxy) is 1. The third-order valence-corrected chi connectivity index (χ3v) is 4.65. The van der Waals surface area contributed by atoms with Crippen molar-refractivity contribution in [2.24, 2.45) is 5.92 Å². The largest absolute Gasteiger partial charge is 0.381 e. The third kappa shape index (κ3) is 3.75. The lowest BCUT2D eigenvalue weighted by atomic mass is 10.0. The maximum absolute atomic E-state index is 12.2. The van der Waals surface area contributed by atoms with E-state index in [1.165, 1.54) is 6.20 Å². The van der Waals surface area contributed by atoms with E-state index >= 15 is 0 Å².